The standard InChI is InChI=1S/C16H17FN2O2/c1-21-14-3-2-9-18-15(14)19-10-8-16(20,11-19)12-4-6-13(17)7-5-12/h2-7,9,20H,8,10-11H2,1H3. The first-order valence-electron chi connectivity index (χ1n) is 6.85. The van der Waals surface area contributed by atoms with Gasteiger partial charge in [0.2, 0.25) is 0 Å². The highest BCUT2D eigenvalue weighted by Crippen LogP contribution is 2.36. The summed E-state index contributed by atoms with van der Waals surface area (Å²) < 4.78 is 18.3. The lowest BCUT2D eigenvalue weighted by atomic mass is 9.93. The molecule has 110 valence electrons. The fraction of sp³-hybridized carbons (Fsp3) is 0.312. The highest BCUT2D eigenvalue weighted by molar-refractivity contribution is 5.53. The number of methoxy groups -OCH3 is 1. The first-order chi connectivity index (χ1) is 10.1. The molecule has 1 atom stereocenters. The number of β-amino-alcohol motifs (C(OH)–C–C–N with tert-alkyl or cyclic N) is 1. The lowest BCUT2D eigenvalue weighted by molar-refractivity contribution is 0.0605. The van der Waals surface area contributed by atoms with E-state index < -0.39 is 5.60 Å². The molecule has 2 heterocycles. The van der Waals surface area contributed by atoms with E-state index in [1.54, 1.807) is 25.4 Å². The molecule has 5 heteroatoms. The normalized spacial score (nSPS) is 21.6. The Balaban J connectivity index is 1.86. The summed E-state index contributed by atoms with van der Waals surface area (Å²) in [5.74, 6) is 1.10. The second-order valence-corrected chi connectivity index (χ2v) is 5.24. The van der Waals surface area contributed by atoms with E-state index in [-0.39, 0.29) is 5.82 Å². The molecule has 0 spiro atoms. The second-order valence-electron chi connectivity index (χ2n) is 5.24. The molecule has 3 rings (SSSR count). The fourth-order valence-corrected chi connectivity index (χ4v) is 2.75. The molecule has 1 unspecified atom stereocenters. The monoisotopic (exact) mass is 288 g/mol. The molecule has 1 N–H and O–H groups in total. The third-order valence-electron chi connectivity index (χ3n) is 3.90. The van der Waals surface area contributed by atoms with Gasteiger partial charge in [0, 0.05) is 12.7 Å². The van der Waals surface area contributed by atoms with Gasteiger partial charge in [0.1, 0.15) is 11.4 Å². The van der Waals surface area contributed by atoms with Crippen LogP contribution in [0.2, 0.25) is 0 Å². The van der Waals surface area contributed by atoms with Gasteiger partial charge in [-0.15, -0.1) is 0 Å². The summed E-state index contributed by atoms with van der Waals surface area (Å²) in [5.41, 5.74) is -0.266. The van der Waals surface area contributed by atoms with Crippen molar-refractivity contribution in [2.45, 2.75) is 12.0 Å². The Morgan fingerprint density at radius 1 is 1.29 bits per heavy atom. The first kappa shape index (κ1) is 13.8. The van der Waals surface area contributed by atoms with Crippen LogP contribution in [0.4, 0.5) is 10.2 Å². The van der Waals surface area contributed by atoms with E-state index in [2.05, 4.69) is 4.98 Å². The van der Waals surface area contributed by atoms with Crippen LogP contribution in [0.3, 0.4) is 0 Å². The van der Waals surface area contributed by atoms with Crippen molar-refractivity contribution in [2.24, 2.45) is 0 Å². The Labute approximate surface area is 122 Å². The van der Waals surface area contributed by atoms with Crippen LogP contribution in [0.1, 0.15) is 12.0 Å². The Kier molecular flexibility index (Phi) is 3.51. The Morgan fingerprint density at radius 2 is 2.05 bits per heavy atom. The lowest BCUT2D eigenvalue weighted by Crippen LogP contribution is -2.31. The zero-order chi connectivity index (χ0) is 14.9. The minimum absolute atomic E-state index is 0.302. The zero-order valence-electron chi connectivity index (χ0n) is 11.8. The van der Waals surface area contributed by atoms with Gasteiger partial charge in [-0.25, -0.2) is 9.37 Å². The van der Waals surface area contributed by atoms with E-state index >= 15 is 0 Å². The molecule has 4 nitrogen and oxygen atoms in total. The number of anilines is 1. The summed E-state index contributed by atoms with van der Waals surface area (Å²) >= 11 is 0. The molecule has 0 aliphatic carbocycles. The van der Waals surface area contributed by atoms with Gasteiger partial charge in [0.25, 0.3) is 0 Å². The number of pyridine rings is 1. The first-order valence-corrected chi connectivity index (χ1v) is 6.85. The number of halogens is 1. The van der Waals surface area contributed by atoms with Crippen molar-refractivity contribution in [1.82, 2.24) is 4.98 Å². The maximum atomic E-state index is 13.0. The van der Waals surface area contributed by atoms with Crippen LogP contribution in [-0.2, 0) is 5.60 Å². The van der Waals surface area contributed by atoms with Crippen LogP contribution >= 0.6 is 0 Å². The number of aromatic nitrogens is 1. The summed E-state index contributed by atoms with van der Waals surface area (Å²) in [4.78, 5) is 6.32. The Hall–Kier alpha value is -2.14. The maximum absolute atomic E-state index is 13.0. The molecule has 0 saturated carbocycles. The van der Waals surface area contributed by atoms with Crippen molar-refractivity contribution in [2.75, 3.05) is 25.1 Å². The van der Waals surface area contributed by atoms with Crippen LogP contribution in [-0.4, -0.2) is 30.3 Å². The number of hydrogen-bond donors (Lipinski definition) is 1. The Morgan fingerprint density at radius 3 is 2.76 bits per heavy atom. The largest absolute Gasteiger partial charge is 0.493 e. The van der Waals surface area contributed by atoms with Crippen molar-refractivity contribution >= 4 is 5.82 Å². The Bertz CT molecular complexity index is 632. The highest BCUT2D eigenvalue weighted by atomic mass is 19.1. The summed E-state index contributed by atoms with van der Waals surface area (Å²) in [7, 11) is 1.60. The smallest absolute Gasteiger partial charge is 0.171 e. The van der Waals surface area contributed by atoms with Crippen molar-refractivity contribution < 1.29 is 14.2 Å². The van der Waals surface area contributed by atoms with Crippen molar-refractivity contribution in [3.8, 4) is 5.75 Å². The van der Waals surface area contributed by atoms with E-state index in [4.69, 9.17) is 4.74 Å². The predicted molar refractivity (Wildman–Crippen MR) is 77.9 cm³/mol. The van der Waals surface area contributed by atoms with Crippen LogP contribution in [0.25, 0.3) is 0 Å². The number of ether oxygens (including phenoxy) is 1. The summed E-state index contributed by atoms with van der Waals surface area (Å²) in [6.45, 7) is 1.08. The minimum atomic E-state index is -0.990. The topological polar surface area (TPSA) is 45.6 Å². The summed E-state index contributed by atoms with van der Waals surface area (Å²) in [6, 6.07) is 9.67. The molecule has 1 aliphatic heterocycles. The summed E-state index contributed by atoms with van der Waals surface area (Å²) in [5, 5.41) is 10.8. The van der Waals surface area contributed by atoms with E-state index in [1.807, 2.05) is 17.0 Å². The lowest BCUT2D eigenvalue weighted by Gasteiger charge is -2.25. The SMILES string of the molecule is COc1cccnc1N1CCC(O)(c2ccc(F)cc2)C1. The molecule has 0 radical (unpaired) electrons. The van der Waals surface area contributed by atoms with Gasteiger partial charge >= 0.3 is 0 Å². The van der Waals surface area contributed by atoms with Gasteiger partial charge in [0.05, 0.1) is 13.7 Å². The number of benzene rings is 1. The molecule has 0 bridgehead atoms. The van der Waals surface area contributed by atoms with Crippen molar-refractivity contribution in [3.05, 3.63) is 54.0 Å². The third kappa shape index (κ3) is 2.56. The molecular weight excluding hydrogens is 271 g/mol. The van der Waals surface area contributed by atoms with Crippen LogP contribution in [0.15, 0.2) is 42.6 Å². The number of nitrogens with zero attached hydrogens (tertiary/aromatic N) is 2. The maximum Gasteiger partial charge on any atom is 0.171 e. The fourth-order valence-electron chi connectivity index (χ4n) is 2.75. The van der Waals surface area contributed by atoms with Gasteiger partial charge in [-0.2, -0.15) is 0 Å². The van der Waals surface area contributed by atoms with Gasteiger partial charge in [-0.3, -0.25) is 0 Å². The molecule has 21 heavy (non-hydrogen) atoms. The third-order valence-corrected chi connectivity index (χ3v) is 3.90. The van der Waals surface area contributed by atoms with Crippen LogP contribution < -0.4 is 9.64 Å². The predicted octanol–water partition coefficient (Wildman–Crippen LogP) is 2.33. The van der Waals surface area contributed by atoms with Gasteiger partial charge < -0.3 is 14.7 Å². The minimum Gasteiger partial charge on any atom is -0.493 e. The van der Waals surface area contributed by atoms with Crippen LogP contribution in [0.5, 0.6) is 5.75 Å². The molecule has 1 aromatic heterocycles. The van der Waals surface area contributed by atoms with Gasteiger partial charge in [-0.1, -0.05) is 12.1 Å². The summed E-state index contributed by atoms with van der Waals surface area (Å²) in [6.07, 6.45) is 2.27. The van der Waals surface area contributed by atoms with Gasteiger partial charge in [0.15, 0.2) is 11.6 Å². The van der Waals surface area contributed by atoms with E-state index in [0.717, 1.165) is 11.4 Å². The molecule has 1 aromatic carbocycles. The quantitative estimate of drug-likeness (QED) is 0.941. The molecule has 0 amide bonds. The van der Waals surface area contributed by atoms with Crippen molar-refractivity contribution in [1.29, 1.82) is 0 Å². The van der Waals surface area contributed by atoms with E-state index in [9.17, 15) is 9.50 Å². The number of aliphatic hydroxyl groups is 1. The second kappa shape index (κ2) is 5.33. The van der Waals surface area contributed by atoms with E-state index in [1.165, 1.54) is 12.1 Å². The molecule has 1 aliphatic rings. The highest BCUT2D eigenvalue weighted by Gasteiger charge is 2.38. The zero-order valence-corrected chi connectivity index (χ0v) is 11.8. The van der Waals surface area contributed by atoms with Crippen molar-refractivity contribution in [3.63, 3.8) is 0 Å². The molecule has 1 saturated heterocycles. The van der Waals surface area contributed by atoms with E-state index in [0.29, 0.717) is 25.3 Å². The number of hydrogen-bond acceptors (Lipinski definition) is 4. The van der Waals surface area contributed by atoms with Crippen LogP contribution in [0, 0.1) is 5.82 Å². The average Bonchev–Trinajstić information content (AvgIpc) is 2.91. The van der Waals surface area contributed by atoms with Gasteiger partial charge in [-0.05, 0) is 36.2 Å². The average molecular weight is 288 g/mol. The number of rotatable bonds is 3. The molecule has 1 fully saturated rings. The molecule has 2 aromatic rings. The molecular formula is C16H17FN2O2.